The molecule has 0 spiro atoms. The van der Waals surface area contributed by atoms with Gasteiger partial charge in [0, 0.05) is 36.7 Å². The van der Waals surface area contributed by atoms with Crippen molar-refractivity contribution in [3.05, 3.63) is 89.2 Å². The summed E-state index contributed by atoms with van der Waals surface area (Å²) in [7, 11) is 0. The van der Waals surface area contributed by atoms with E-state index < -0.39 is 0 Å². The molecule has 4 rings (SSSR count). The van der Waals surface area contributed by atoms with Crippen LogP contribution in [-0.4, -0.2) is 21.9 Å². The van der Waals surface area contributed by atoms with E-state index in [2.05, 4.69) is 25.1 Å². The third-order valence-electron chi connectivity index (χ3n) is 4.78. The van der Waals surface area contributed by atoms with Crippen LogP contribution in [0.4, 0.5) is 0 Å². The lowest BCUT2D eigenvalue weighted by molar-refractivity contribution is 0.0734. The lowest BCUT2D eigenvalue weighted by atomic mass is 9.95. The van der Waals surface area contributed by atoms with Crippen LogP contribution in [0, 0.1) is 6.92 Å². The number of hydrogen-bond donors (Lipinski definition) is 0. The largest absolute Gasteiger partial charge is 0.334 e. The standard InChI is InChI=1S/C21H20N2O/c1-16-6-4-8-18-15-23(13-10-20(16)18)21(24)17-7-5-9-19(14-17)22-11-2-3-12-22/h2-9,11-12,14H,10,13,15H2,1H3. The smallest absolute Gasteiger partial charge is 0.254 e. The van der Waals surface area contributed by atoms with Crippen LogP contribution >= 0.6 is 0 Å². The van der Waals surface area contributed by atoms with Gasteiger partial charge in [-0.25, -0.2) is 0 Å². The highest BCUT2D eigenvalue weighted by atomic mass is 16.2. The van der Waals surface area contributed by atoms with Gasteiger partial charge in [0.15, 0.2) is 0 Å². The fourth-order valence-electron chi connectivity index (χ4n) is 3.46. The summed E-state index contributed by atoms with van der Waals surface area (Å²) in [5.74, 6) is 0.108. The number of nitrogens with zero attached hydrogens (tertiary/aromatic N) is 2. The van der Waals surface area contributed by atoms with E-state index in [1.165, 1.54) is 16.7 Å². The van der Waals surface area contributed by atoms with Gasteiger partial charge in [-0.15, -0.1) is 0 Å². The third-order valence-corrected chi connectivity index (χ3v) is 4.78. The second kappa shape index (κ2) is 6.00. The predicted molar refractivity (Wildman–Crippen MR) is 95.4 cm³/mol. The summed E-state index contributed by atoms with van der Waals surface area (Å²) in [6, 6.07) is 18.2. The maximum absolute atomic E-state index is 12.9. The van der Waals surface area contributed by atoms with E-state index in [1.54, 1.807) is 0 Å². The van der Waals surface area contributed by atoms with Crippen LogP contribution in [0.5, 0.6) is 0 Å². The maximum Gasteiger partial charge on any atom is 0.254 e. The first-order valence-electron chi connectivity index (χ1n) is 8.32. The Morgan fingerprint density at radius 3 is 2.62 bits per heavy atom. The number of hydrogen-bond acceptors (Lipinski definition) is 1. The van der Waals surface area contributed by atoms with E-state index >= 15 is 0 Å². The van der Waals surface area contributed by atoms with Gasteiger partial charge in [-0.2, -0.15) is 0 Å². The van der Waals surface area contributed by atoms with Gasteiger partial charge in [-0.05, 0) is 60.4 Å². The fourth-order valence-corrected chi connectivity index (χ4v) is 3.46. The highest BCUT2D eigenvalue weighted by Gasteiger charge is 2.22. The van der Waals surface area contributed by atoms with Crippen molar-refractivity contribution in [1.82, 2.24) is 9.47 Å². The molecule has 0 N–H and O–H groups in total. The van der Waals surface area contributed by atoms with Crippen molar-refractivity contribution in [1.29, 1.82) is 0 Å². The van der Waals surface area contributed by atoms with E-state index in [-0.39, 0.29) is 5.91 Å². The summed E-state index contributed by atoms with van der Waals surface area (Å²) in [6.45, 7) is 3.63. The van der Waals surface area contributed by atoms with Crippen LogP contribution in [-0.2, 0) is 13.0 Å². The maximum atomic E-state index is 12.9. The summed E-state index contributed by atoms with van der Waals surface area (Å²) in [4.78, 5) is 14.9. The number of amides is 1. The molecule has 2 heterocycles. The van der Waals surface area contributed by atoms with Crippen LogP contribution < -0.4 is 0 Å². The Morgan fingerprint density at radius 1 is 1.00 bits per heavy atom. The average molecular weight is 316 g/mol. The van der Waals surface area contributed by atoms with E-state index in [1.807, 2.05) is 58.3 Å². The normalized spacial score (nSPS) is 13.6. The Hall–Kier alpha value is -2.81. The van der Waals surface area contributed by atoms with Crippen LogP contribution in [0.3, 0.4) is 0 Å². The molecule has 1 aromatic heterocycles. The minimum atomic E-state index is 0.108. The molecule has 1 amide bonds. The minimum Gasteiger partial charge on any atom is -0.334 e. The molecule has 3 heteroatoms. The molecular formula is C21H20N2O. The molecule has 0 fully saturated rings. The molecule has 0 radical (unpaired) electrons. The Bertz CT molecular complexity index is 881. The summed E-state index contributed by atoms with van der Waals surface area (Å²) in [5.41, 5.74) is 5.77. The van der Waals surface area contributed by atoms with Crippen molar-refractivity contribution in [2.75, 3.05) is 6.54 Å². The average Bonchev–Trinajstić information content (AvgIpc) is 3.16. The first-order valence-corrected chi connectivity index (χ1v) is 8.32. The van der Waals surface area contributed by atoms with Crippen molar-refractivity contribution in [2.45, 2.75) is 19.9 Å². The van der Waals surface area contributed by atoms with Gasteiger partial charge in [0.05, 0.1) is 0 Å². The SMILES string of the molecule is Cc1cccc2c1CCN(C(=O)c1cccc(-n3cccc3)c1)C2. The number of benzene rings is 2. The van der Waals surface area contributed by atoms with Gasteiger partial charge >= 0.3 is 0 Å². The number of aromatic nitrogens is 1. The minimum absolute atomic E-state index is 0.108. The number of aryl methyl sites for hydroxylation is 1. The van der Waals surface area contributed by atoms with Crippen LogP contribution in [0.1, 0.15) is 27.0 Å². The van der Waals surface area contributed by atoms with E-state index in [0.717, 1.165) is 24.2 Å². The van der Waals surface area contributed by atoms with Gasteiger partial charge < -0.3 is 9.47 Å². The zero-order valence-corrected chi connectivity index (χ0v) is 13.8. The molecule has 3 aromatic rings. The second-order valence-electron chi connectivity index (χ2n) is 6.33. The topological polar surface area (TPSA) is 25.2 Å². The molecule has 0 saturated carbocycles. The van der Waals surface area contributed by atoms with Crippen molar-refractivity contribution in [2.24, 2.45) is 0 Å². The Labute approximate surface area is 142 Å². The molecule has 3 nitrogen and oxygen atoms in total. The molecule has 0 saturated heterocycles. The zero-order chi connectivity index (χ0) is 16.5. The Kier molecular flexibility index (Phi) is 3.69. The first kappa shape index (κ1) is 14.8. The molecule has 2 aromatic carbocycles. The summed E-state index contributed by atoms with van der Waals surface area (Å²) in [6.07, 6.45) is 4.91. The lowest BCUT2D eigenvalue weighted by Gasteiger charge is -2.30. The molecule has 1 aliphatic rings. The van der Waals surface area contributed by atoms with E-state index in [4.69, 9.17) is 0 Å². The van der Waals surface area contributed by atoms with Crippen molar-refractivity contribution >= 4 is 5.91 Å². The van der Waals surface area contributed by atoms with E-state index in [9.17, 15) is 4.79 Å². The van der Waals surface area contributed by atoms with Gasteiger partial charge in [0.1, 0.15) is 0 Å². The van der Waals surface area contributed by atoms with Crippen LogP contribution in [0.25, 0.3) is 5.69 Å². The molecule has 0 bridgehead atoms. The van der Waals surface area contributed by atoms with Gasteiger partial charge in [-0.3, -0.25) is 4.79 Å². The summed E-state index contributed by atoms with van der Waals surface area (Å²) >= 11 is 0. The van der Waals surface area contributed by atoms with Crippen LogP contribution in [0.2, 0.25) is 0 Å². The molecule has 1 aliphatic heterocycles. The van der Waals surface area contributed by atoms with Crippen LogP contribution in [0.15, 0.2) is 67.0 Å². The summed E-state index contributed by atoms with van der Waals surface area (Å²) < 4.78 is 2.02. The molecule has 24 heavy (non-hydrogen) atoms. The predicted octanol–water partition coefficient (Wildman–Crippen LogP) is 3.98. The quantitative estimate of drug-likeness (QED) is 0.702. The molecule has 0 aliphatic carbocycles. The number of carbonyl (C=O) groups excluding carboxylic acids is 1. The third kappa shape index (κ3) is 2.62. The molecule has 0 atom stereocenters. The Balaban J connectivity index is 1.60. The lowest BCUT2D eigenvalue weighted by Crippen LogP contribution is -2.36. The van der Waals surface area contributed by atoms with E-state index in [0.29, 0.717) is 6.54 Å². The molecular weight excluding hydrogens is 296 g/mol. The molecule has 120 valence electrons. The number of fused-ring (bicyclic) bond motifs is 1. The van der Waals surface area contributed by atoms with Gasteiger partial charge in [-0.1, -0.05) is 24.3 Å². The highest BCUT2D eigenvalue weighted by Crippen LogP contribution is 2.23. The van der Waals surface area contributed by atoms with Gasteiger partial charge in [0.2, 0.25) is 0 Å². The van der Waals surface area contributed by atoms with Crippen molar-refractivity contribution < 1.29 is 4.79 Å². The molecule has 0 unspecified atom stereocenters. The number of carbonyl (C=O) groups is 1. The van der Waals surface area contributed by atoms with Gasteiger partial charge in [0.25, 0.3) is 5.91 Å². The fraction of sp³-hybridized carbons (Fsp3) is 0.190. The second-order valence-corrected chi connectivity index (χ2v) is 6.33. The van der Waals surface area contributed by atoms with Crippen molar-refractivity contribution in [3.63, 3.8) is 0 Å². The highest BCUT2D eigenvalue weighted by molar-refractivity contribution is 5.95. The van der Waals surface area contributed by atoms with Crippen molar-refractivity contribution in [3.8, 4) is 5.69 Å². The summed E-state index contributed by atoms with van der Waals surface area (Å²) in [5, 5.41) is 0. The Morgan fingerprint density at radius 2 is 1.79 bits per heavy atom. The monoisotopic (exact) mass is 316 g/mol. The number of rotatable bonds is 2. The first-order chi connectivity index (χ1) is 11.7. The zero-order valence-electron chi connectivity index (χ0n) is 13.8.